The van der Waals surface area contributed by atoms with Crippen molar-refractivity contribution in [1.82, 2.24) is 0 Å². The van der Waals surface area contributed by atoms with Gasteiger partial charge in [-0.2, -0.15) is 4.39 Å². The molecule has 1 atom stereocenters. The van der Waals surface area contributed by atoms with Crippen LogP contribution < -0.4 is 16.2 Å². The fourth-order valence-electron chi connectivity index (χ4n) is 1.50. The number of hydrogen-bond donors (Lipinski definition) is 2. The number of halogens is 2. The lowest BCUT2D eigenvalue weighted by molar-refractivity contribution is -0.122. The quantitative estimate of drug-likeness (QED) is 0.742. The van der Waals surface area contributed by atoms with E-state index < -0.39 is 23.1 Å². The molecule has 19 heavy (non-hydrogen) atoms. The molecule has 0 aliphatic rings. The van der Waals surface area contributed by atoms with Crippen LogP contribution >= 0.6 is 0 Å². The summed E-state index contributed by atoms with van der Waals surface area (Å²) in [5.74, 6) is -2.63. The summed E-state index contributed by atoms with van der Waals surface area (Å²) in [6.07, 6.45) is 1.58. The van der Waals surface area contributed by atoms with Crippen LogP contribution in [0.25, 0.3) is 0 Å². The van der Waals surface area contributed by atoms with E-state index in [9.17, 15) is 13.6 Å². The van der Waals surface area contributed by atoms with Crippen molar-refractivity contribution in [3.05, 3.63) is 29.8 Å². The maximum absolute atomic E-state index is 13.2. The van der Waals surface area contributed by atoms with Crippen LogP contribution in [0.3, 0.4) is 0 Å². The summed E-state index contributed by atoms with van der Waals surface area (Å²) in [4.78, 5) is 11.0. The van der Waals surface area contributed by atoms with Gasteiger partial charge in [-0.1, -0.05) is 6.07 Å². The number of benzene rings is 1. The molecule has 0 spiro atoms. The number of rotatable bonds is 7. The number of carbonyl (C=O) groups is 1. The third-order valence-corrected chi connectivity index (χ3v) is 2.83. The molecule has 0 bridgehead atoms. The number of ether oxygens (including phenoxy) is 1. The van der Waals surface area contributed by atoms with Gasteiger partial charge in [-0.25, -0.2) is 4.39 Å². The van der Waals surface area contributed by atoms with Gasteiger partial charge in [0, 0.05) is 0 Å². The van der Waals surface area contributed by atoms with Crippen molar-refractivity contribution in [1.29, 1.82) is 0 Å². The molecular weight excluding hydrogens is 254 g/mol. The second-order valence-electron chi connectivity index (χ2n) is 4.64. The first-order chi connectivity index (χ1) is 8.84. The van der Waals surface area contributed by atoms with Gasteiger partial charge in [-0.15, -0.1) is 0 Å². The lowest BCUT2D eigenvalue weighted by Gasteiger charge is -2.19. The van der Waals surface area contributed by atoms with Gasteiger partial charge in [0.1, 0.15) is 0 Å². The highest BCUT2D eigenvalue weighted by molar-refractivity contribution is 5.83. The molecule has 0 aromatic heterocycles. The van der Waals surface area contributed by atoms with Crippen molar-refractivity contribution >= 4 is 5.91 Å². The van der Waals surface area contributed by atoms with Gasteiger partial charge in [-0.3, -0.25) is 4.79 Å². The molecular formula is C13H18F2N2O2. The molecule has 0 fully saturated rings. The molecule has 4 N–H and O–H groups in total. The Hall–Kier alpha value is -1.69. The van der Waals surface area contributed by atoms with Gasteiger partial charge in [0.15, 0.2) is 11.6 Å². The van der Waals surface area contributed by atoms with Gasteiger partial charge in [0.25, 0.3) is 0 Å². The standard InChI is InChI=1S/C13H18F2N2O2/c1-13(17,12(16)18)7-2-3-8-19-10-6-4-5-9(14)11(10)15/h4-6H,2-3,7-8,17H2,1H3,(H2,16,18). The molecule has 0 aliphatic heterocycles. The Bertz CT molecular complexity index is 450. The van der Waals surface area contributed by atoms with Gasteiger partial charge in [0.05, 0.1) is 12.1 Å². The molecule has 0 saturated carbocycles. The summed E-state index contributed by atoms with van der Waals surface area (Å²) < 4.78 is 31.2. The largest absolute Gasteiger partial charge is 0.490 e. The van der Waals surface area contributed by atoms with Gasteiger partial charge in [-0.05, 0) is 38.3 Å². The van der Waals surface area contributed by atoms with Crippen molar-refractivity contribution < 1.29 is 18.3 Å². The molecule has 6 heteroatoms. The maximum Gasteiger partial charge on any atom is 0.237 e. The Kier molecular flexibility index (Phi) is 5.23. The van der Waals surface area contributed by atoms with Crippen molar-refractivity contribution in [2.45, 2.75) is 31.7 Å². The Morgan fingerprint density at radius 3 is 2.68 bits per heavy atom. The first kappa shape index (κ1) is 15.4. The SMILES string of the molecule is CC(N)(CCCCOc1cccc(F)c1F)C(N)=O. The van der Waals surface area contributed by atoms with Crippen LogP contribution in [0.2, 0.25) is 0 Å². The van der Waals surface area contributed by atoms with Gasteiger partial charge >= 0.3 is 0 Å². The average Bonchev–Trinajstić information content (AvgIpc) is 2.33. The summed E-state index contributed by atoms with van der Waals surface area (Å²) in [6, 6.07) is 3.75. The van der Waals surface area contributed by atoms with E-state index in [1.807, 2.05) is 0 Å². The van der Waals surface area contributed by atoms with Crippen LogP contribution in [0.1, 0.15) is 26.2 Å². The van der Waals surface area contributed by atoms with E-state index in [0.29, 0.717) is 19.3 Å². The first-order valence-corrected chi connectivity index (χ1v) is 6.00. The van der Waals surface area contributed by atoms with Crippen LogP contribution in [0.4, 0.5) is 8.78 Å². The molecule has 106 valence electrons. The highest BCUT2D eigenvalue weighted by Crippen LogP contribution is 2.19. The summed E-state index contributed by atoms with van der Waals surface area (Å²) in [6.45, 7) is 1.78. The van der Waals surface area contributed by atoms with Crippen LogP contribution in [0.15, 0.2) is 18.2 Å². The molecule has 1 rings (SSSR count). The Labute approximate surface area is 110 Å². The van der Waals surface area contributed by atoms with Crippen molar-refractivity contribution in [2.75, 3.05) is 6.61 Å². The number of carbonyl (C=O) groups excluding carboxylic acids is 1. The van der Waals surface area contributed by atoms with Crippen LogP contribution in [-0.4, -0.2) is 18.1 Å². The highest BCUT2D eigenvalue weighted by Gasteiger charge is 2.24. The molecule has 4 nitrogen and oxygen atoms in total. The summed E-state index contributed by atoms with van der Waals surface area (Å²) in [7, 11) is 0. The monoisotopic (exact) mass is 272 g/mol. The summed E-state index contributed by atoms with van der Waals surface area (Å²) in [5, 5.41) is 0. The molecule has 1 aromatic carbocycles. The minimum atomic E-state index is -1.05. The molecule has 1 aromatic rings. The highest BCUT2D eigenvalue weighted by atomic mass is 19.2. The first-order valence-electron chi connectivity index (χ1n) is 6.00. The third-order valence-electron chi connectivity index (χ3n) is 2.83. The van der Waals surface area contributed by atoms with E-state index in [4.69, 9.17) is 16.2 Å². The topological polar surface area (TPSA) is 78.3 Å². The Morgan fingerprint density at radius 1 is 1.37 bits per heavy atom. The smallest absolute Gasteiger partial charge is 0.237 e. The maximum atomic E-state index is 13.2. The number of hydrogen-bond acceptors (Lipinski definition) is 3. The minimum absolute atomic E-state index is 0.120. The van der Waals surface area contributed by atoms with Crippen LogP contribution in [0.5, 0.6) is 5.75 Å². The zero-order chi connectivity index (χ0) is 14.5. The lowest BCUT2D eigenvalue weighted by Crippen LogP contribution is -2.49. The van der Waals surface area contributed by atoms with Crippen LogP contribution in [-0.2, 0) is 4.79 Å². The molecule has 1 amide bonds. The fraction of sp³-hybridized carbons (Fsp3) is 0.462. The summed E-state index contributed by atoms with van der Waals surface area (Å²) in [5.41, 5.74) is 9.75. The molecule has 0 radical (unpaired) electrons. The van der Waals surface area contributed by atoms with Crippen molar-refractivity contribution in [3.63, 3.8) is 0 Å². The van der Waals surface area contributed by atoms with E-state index in [1.165, 1.54) is 12.1 Å². The van der Waals surface area contributed by atoms with E-state index in [1.54, 1.807) is 6.92 Å². The van der Waals surface area contributed by atoms with E-state index >= 15 is 0 Å². The zero-order valence-corrected chi connectivity index (χ0v) is 10.8. The van der Waals surface area contributed by atoms with E-state index in [2.05, 4.69) is 0 Å². The third kappa shape index (κ3) is 4.48. The fourth-order valence-corrected chi connectivity index (χ4v) is 1.50. The van der Waals surface area contributed by atoms with E-state index in [0.717, 1.165) is 6.07 Å². The second kappa shape index (κ2) is 6.47. The molecule has 0 aliphatic carbocycles. The van der Waals surface area contributed by atoms with Crippen LogP contribution in [0, 0.1) is 11.6 Å². The number of amides is 1. The van der Waals surface area contributed by atoms with Crippen molar-refractivity contribution in [3.8, 4) is 5.75 Å². The van der Waals surface area contributed by atoms with Gasteiger partial charge < -0.3 is 16.2 Å². The molecule has 1 unspecified atom stereocenters. The Balaban J connectivity index is 2.32. The second-order valence-corrected chi connectivity index (χ2v) is 4.64. The van der Waals surface area contributed by atoms with Crippen molar-refractivity contribution in [2.24, 2.45) is 11.5 Å². The number of primary amides is 1. The van der Waals surface area contributed by atoms with E-state index in [-0.39, 0.29) is 12.4 Å². The normalized spacial score (nSPS) is 13.9. The Morgan fingerprint density at radius 2 is 2.05 bits per heavy atom. The predicted octanol–water partition coefficient (Wildman–Crippen LogP) is 1.72. The number of nitrogens with two attached hydrogens (primary N) is 2. The number of unbranched alkanes of at least 4 members (excludes halogenated alkanes) is 1. The predicted molar refractivity (Wildman–Crippen MR) is 67.5 cm³/mol. The zero-order valence-electron chi connectivity index (χ0n) is 10.8. The lowest BCUT2D eigenvalue weighted by atomic mass is 9.96. The molecule has 0 heterocycles. The summed E-state index contributed by atoms with van der Waals surface area (Å²) >= 11 is 0. The minimum Gasteiger partial charge on any atom is -0.490 e. The molecule has 0 saturated heterocycles. The average molecular weight is 272 g/mol. The van der Waals surface area contributed by atoms with Gasteiger partial charge in [0.2, 0.25) is 11.7 Å².